The number of nitrogens with two attached hydrogens (primary N) is 1. The van der Waals surface area contributed by atoms with E-state index in [1.54, 1.807) is 6.92 Å². The third-order valence-electron chi connectivity index (χ3n) is 2.86. The van der Waals surface area contributed by atoms with Gasteiger partial charge in [-0.05, 0) is 30.2 Å². The summed E-state index contributed by atoms with van der Waals surface area (Å²) in [4.78, 5) is 13.2. The second kappa shape index (κ2) is 5.03. The summed E-state index contributed by atoms with van der Waals surface area (Å²) < 4.78 is 0. The topological polar surface area (TPSA) is 46.3 Å². The lowest BCUT2D eigenvalue weighted by Crippen LogP contribution is -2.25. The number of rotatable bonds is 1. The maximum absolute atomic E-state index is 11.4. The molecule has 0 aliphatic carbocycles. The van der Waals surface area contributed by atoms with Crippen LogP contribution < -0.4 is 10.6 Å². The Bertz CT molecular complexity index is 497. The van der Waals surface area contributed by atoms with E-state index in [9.17, 15) is 4.79 Å². The van der Waals surface area contributed by atoms with Crippen molar-refractivity contribution in [1.29, 1.82) is 0 Å². The summed E-state index contributed by atoms with van der Waals surface area (Å²) in [5.41, 5.74) is 8.63. The van der Waals surface area contributed by atoms with Crippen molar-refractivity contribution in [2.45, 2.75) is 19.8 Å². The molecule has 3 heteroatoms. The first-order valence-corrected chi connectivity index (χ1v) is 5.82. The van der Waals surface area contributed by atoms with Gasteiger partial charge in [0.1, 0.15) is 0 Å². The van der Waals surface area contributed by atoms with E-state index in [2.05, 4.69) is 17.9 Å². The zero-order valence-electron chi connectivity index (χ0n) is 9.99. The number of nitrogens with zero attached hydrogens (tertiary/aromatic N) is 1. The number of carbonyl (C=O) groups excluding carboxylic acids is 1. The van der Waals surface area contributed by atoms with Gasteiger partial charge in [0.15, 0.2) is 0 Å². The molecule has 0 saturated heterocycles. The molecule has 0 radical (unpaired) electrons. The summed E-state index contributed by atoms with van der Waals surface area (Å²) in [6.45, 7) is 2.98. The zero-order chi connectivity index (χ0) is 12.3. The number of hydrogen-bond donors (Lipinski definition) is 1. The van der Waals surface area contributed by atoms with Crippen LogP contribution in [0.15, 0.2) is 18.2 Å². The number of carbonyl (C=O) groups is 1. The summed E-state index contributed by atoms with van der Waals surface area (Å²) in [7, 11) is 0. The van der Waals surface area contributed by atoms with Crippen LogP contribution in [0.5, 0.6) is 0 Å². The summed E-state index contributed by atoms with van der Waals surface area (Å²) in [5.74, 6) is 6.21. The Labute approximate surface area is 102 Å². The van der Waals surface area contributed by atoms with Crippen LogP contribution in [0.2, 0.25) is 0 Å². The quantitative estimate of drug-likeness (QED) is 0.736. The van der Waals surface area contributed by atoms with Crippen molar-refractivity contribution < 1.29 is 4.79 Å². The van der Waals surface area contributed by atoms with Gasteiger partial charge in [-0.3, -0.25) is 4.79 Å². The Kier molecular flexibility index (Phi) is 3.46. The van der Waals surface area contributed by atoms with Crippen LogP contribution in [0.4, 0.5) is 5.69 Å². The van der Waals surface area contributed by atoms with Crippen LogP contribution in [-0.2, 0) is 11.2 Å². The Morgan fingerprint density at radius 3 is 3.06 bits per heavy atom. The van der Waals surface area contributed by atoms with E-state index >= 15 is 0 Å². The van der Waals surface area contributed by atoms with Crippen molar-refractivity contribution in [2.24, 2.45) is 5.73 Å². The third-order valence-corrected chi connectivity index (χ3v) is 2.86. The number of anilines is 1. The fourth-order valence-corrected chi connectivity index (χ4v) is 2.04. The van der Waals surface area contributed by atoms with Crippen molar-refractivity contribution in [2.75, 3.05) is 18.0 Å². The van der Waals surface area contributed by atoms with Crippen LogP contribution in [0, 0.1) is 11.8 Å². The number of hydrogen-bond acceptors (Lipinski definition) is 2. The van der Waals surface area contributed by atoms with E-state index < -0.39 is 0 Å². The molecule has 1 aromatic rings. The number of benzene rings is 1. The van der Waals surface area contributed by atoms with Gasteiger partial charge in [0, 0.05) is 37.7 Å². The molecule has 17 heavy (non-hydrogen) atoms. The fraction of sp³-hybridized carbons (Fsp3) is 0.357. The lowest BCUT2D eigenvalue weighted by atomic mass is 10.1. The van der Waals surface area contributed by atoms with E-state index in [0.717, 1.165) is 30.6 Å². The molecule has 0 bridgehead atoms. The van der Waals surface area contributed by atoms with Gasteiger partial charge in [-0.15, -0.1) is 0 Å². The summed E-state index contributed by atoms with van der Waals surface area (Å²) in [5, 5.41) is 0. The molecule has 1 amide bonds. The highest BCUT2D eigenvalue weighted by atomic mass is 16.2. The minimum absolute atomic E-state index is 0.103. The molecule has 0 atom stereocenters. The minimum Gasteiger partial charge on any atom is -0.330 e. The molecule has 0 fully saturated rings. The molecule has 2 N–H and O–H groups in total. The van der Waals surface area contributed by atoms with E-state index in [1.807, 2.05) is 17.0 Å². The smallest absolute Gasteiger partial charge is 0.223 e. The lowest BCUT2D eigenvalue weighted by molar-refractivity contribution is -0.116. The van der Waals surface area contributed by atoms with E-state index in [4.69, 9.17) is 5.73 Å². The molecule has 88 valence electrons. The normalized spacial score (nSPS) is 12.9. The monoisotopic (exact) mass is 228 g/mol. The molecular formula is C14H16N2O. The average Bonchev–Trinajstić information content (AvgIpc) is 2.72. The van der Waals surface area contributed by atoms with Gasteiger partial charge < -0.3 is 10.6 Å². The van der Waals surface area contributed by atoms with E-state index in [1.165, 1.54) is 5.56 Å². The first-order chi connectivity index (χ1) is 8.22. The predicted molar refractivity (Wildman–Crippen MR) is 68.7 cm³/mol. The number of amides is 1. The Hall–Kier alpha value is -1.79. The standard InChI is InChI=1S/C14H16N2O/c1-11(17)16-9-7-13-10-12(4-2-3-8-15)5-6-14(13)16/h5-6,10H,3,7-9,15H2,1H3. The molecule has 2 rings (SSSR count). The third kappa shape index (κ3) is 2.48. The first kappa shape index (κ1) is 11.7. The average molecular weight is 228 g/mol. The molecule has 1 aliphatic rings. The van der Waals surface area contributed by atoms with Crippen molar-refractivity contribution >= 4 is 11.6 Å². The largest absolute Gasteiger partial charge is 0.330 e. The Balaban J connectivity index is 2.23. The maximum Gasteiger partial charge on any atom is 0.223 e. The van der Waals surface area contributed by atoms with Crippen LogP contribution in [0.3, 0.4) is 0 Å². The van der Waals surface area contributed by atoms with Gasteiger partial charge in [0.25, 0.3) is 0 Å². The molecular weight excluding hydrogens is 212 g/mol. The van der Waals surface area contributed by atoms with E-state index in [0.29, 0.717) is 6.54 Å². The molecule has 0 aromatic heterocycles. The Morgan fingerprint density at radius 1 is 1.53 bits per heavy atom. The second-order valence-electron chi connectivity index (χ2n) is 4.10. The molecule has 0 unspecified atom stereocenters. The molecule has 1 aromatic carbocycles. The van der Waals surface area contributed by atoms with Crippen LogP contribution in [0.1, 0.15) is 24.5 Å². The highest BCUT2D eigenvalue weighted by Crippen LogP contribution is 2.28. The van der Waals surface area contributed by atoms with Crippen molar-refractivity contribution in [1.82, 2.24) is 0 Å². The van der Waals surface area contributed by atoms with Crippen LogP contribution >= 0.6 is 0 Å². The molecule has 1 aliphatic heterocycles. The fourth-order valence-electron chi connectivity index (χ4n) is 2.04. The lowest BCUT2D eigenvalue weighted by Gasteiger charge is -2.14. The molecule has 0 saturated carbocycles. The highest BCUT2D eigenvalue weighted by Gasteiger charge is 2.21. The molecule has 0 spiro atoms. The minimum atomic E-state index is 0.103. The number of fused-ring (bicyclic) bond motifs is 1. The van der Waals surface area contributed by atoms with Gasteiger partial charge >= 0.3 is 0 Å². The van der Waals surface area contributed by atoms with Crippen LogP contribution in [0.25, 0.3) is 0 Å². The van der Waals surface area contributed by atoms with Crippen molar-refractivity contribution in [3.63, 3.8) is 0 Å². The van der Waals surface area contributed by atoms with Gasteiger partial charge in [0.05, 0.1) is 0 Å². The van der Waals surface area contributed by atoms with Gasteiger partial charge in [-0.1, -0.05) is 11.8 Å². The Morgan fingerprint density at radius 2 is 2.35 bits per heavy atom. The highest BCUT2D eigenvalue weighted by molar-refractivity contribution is 5.93. The van der Waals surface area contributed by atoms with Crippen LogP contribution in [-0.4, -0.2) is 19.0 Å². The summed E-state index contributed by atoms with van der Waals surface area (Å²) >= 11 is 0. The summed E-state index contributed by atoms with van der Waals surface area (Å²) in [6.07, 6.45) is 1.64. The summed E-state index contributed by atoms with van der Waals surface area (Å²) in [6, 6.07) is 6.02. The van der Waals surface area contributed by atoms with Crippen molar-refractivity contribution in [3.8, 4) is 11.8 Å². The predicted octanol–water partition coefficient (Wildman–Crippen LogP) is 1.30. The molecule has 3 nitrogen and oxygen atoms in total. The maximum atomic E-state index is 11.4. The van der Waals surface area contributed by atoms with E-state index in [-0.39, 0.29) is 5.91 Å². The molecule has 1 heterocycles. The van der Waals surface area contributed by atoms with Gasteiger partial charge in [0.2, 0.25) is 5.91 Å². The van der Waals surface area contributed by atoms with Gasteiger partial charge in [-0.25, -0.2) is 0 Å². The zero-order valence-corrected chi connectivity index (χ0v) is 9.99. The first-order valence-electron chi connectivity index (χ1n) is 5.82. The van der Waals surface area contributed by atoms with Crippen molar-refractivity contribution in [3.05, 3.63) is 29.3 Å². The second-order valence-corrected chi connectivity index (χ2v) is 4.10. The SMILES string of the molecule is CC(=O)N1CCc2cc(C#CCCN)ccc21. The van der Waals surface area contributed by atoms with Gasteiger partial charge in [-0.2, -0.15) is 0 Å².